The van der Waals surface area contributed by atoms with Crippen LogP contribution >= 0.6 is 0 Å². The third kappa shape index (κ3) is 15.5. The number of nitrogens with one attached hydrogen (secondary N) is 3. The van der Waals surface area contributed by atoms with Gasteiger partial charge >= 0.3 is 6.09 Å². The molecule has 4 amide bonds. The number of ether oxygens (including phenoxy) is 1. The zero-order valence-electron chi connectivity index (χ0n) is 38.4. The minimum absolute atomic E-state index is 0.0534. The Kier molecular flexibility index (Phi) is 20.3. The molecule has 2 aliphatic rings. The number of amides is 4. The molecule has 336 valence electrons. The highest BCUT2D eigenvalue weighted by Crippen LogP contribution is 2.28. The van der Waals surface area contributed by atoms with E-state index in [0.717, 1.165) is 12.0 Å². The minimum atomic E-state index is -0.866. The molecule has 1 aromatic rings. The second kappa shape index (κ2) is 24.5. The molecule has 12 heteroatoms. The van der Waals surface area contributed by atoms with Crippen molar-refractivity contribution in [2.45, 2.75) is 145 Å². The Morgan fingerprint density at radius 3 is 2.16 bits per heavy atom. The van der Waals surface area contributed by atoms with Crippen molar-refractivity contribution in [2.75, 3.05) is 19.7 Å². The summed E-state index contributed by atoms with van der Waals surface area (Å²) < 4.78 is 5.30. The quantitative estimate of drug-likeness (QED) is 0.0582. The van der Waals surface area contributed by atoms with E-state index in [-0.39, 0.29) is 66.6 Å². The monoisotopic (exact) mass is 845 g/mol. The van der Waals surface area contributed by atoms with E-state index in [2.05, 4.69) is 42.8 Å². The first-order valence-electron chi connectivity index (χ1n) is 22.4. The van der Waals surface area contributed by atoms with E-state index in [4.69, 9.17) is 4.74 Å². The highest BCUT2D eigenvalue weighted by atomic mass is 16.5. The van der Waals surface area contributed by atoms with Crippen LogP contribution in [-0.2, 0) is 39.9 Å². The van der Waals surface area contributed by atoms with Crippen LogP contribution in [-0.4, -0.2) is 83.9 Å². The van der Waals surface area contributed by atoms with Crippen LogP contribution in [0.1, 0.15) is 126 Å². The summed E-state index contributed by atoms with van der Waals surface area (Å²) in [6.45, 7) is 19.5. The van der Waals surface area contributed by atoms with E-state index in [9.17, 15) is 33.6 Å². The van der Waals surface area contributed by atoms with Crippen LogP contribution in [0.5, 0.6) is 0 Å². The molecule has 0 saturated carbocycles. The van der Waals surface area contributed by atoms with E-state index in [1.807, 2.05) is 64.1 Å². The summed E-state index contributed by atoms with van der Waals surface area (Å²) in [6.07, 6.45) is 7.43. The molecule has 3 N–H and O–H groups in total. The third-order valence-corrected chi connectivity index (χ3v) is 11.6. The molecule has 1 aromatic carbocycles. The van der Waals surface area contributed by atoms with Gasteiger partial charge < -0.3 is 25.6 Å². The van der Waals surface area contributed by atoms with Crippen molar-refractivity contribution in [3.8, 4) is 0 Å². The van der Waals surface area contributed by atoms with Gasteiger partial charge in [0.1, 0.15) is 6.04 Å². The first-order chi connectivity index (χ1) is 28.8. The maximum absolute atomic E-state index is 14.2. The molecule has 0 aromatic heterocycles. The standard InChI is InChI=1S/C49H72N4O8/c1-30(2)27-33(7)22-23-39(28-37-17-12-11-13-18-37)48(59)53-25-15-21-41(53)47(58)52-43(31(3)4)42(54)29-38(46(57)51-32(5)6)19-14-24-50-49(60)61-26-16-20-40-36(10)44(55)34(8)35(9)45(40)56/h11-13,17-18,22-23,30-33,38-39,41,43H,14-16,19-21,24-29H2,1-10H3,(H,50,60)(H,51,57)(H,52,58)/b23-22+/t33-,38-,39-,41+,43+/m1/s1. The maximum atomic E-state index is 14.2. The lowest BCUT2D eigenvalue weighted by Crippen LogP contribution is -2.53. The molecule has 0 unspecified atom stereocenters. The van der Waals surface area contributed by atoms with Gasteiger partial charge in [0.25, 0.3) is 0 Å². The first kappa shape index (κ1) is 50.5. The molecule has 12 nitrogen and oxygen atoms in total. The van der Waals surface area contributed by atoms with Crippen LogP contribution in [0.4, 0.5) is 4.79 Å². The van der Waals surface area contributed by atoms with Gasteiger partial charge in [0, 0.05) is 53.8 Å². The lowest BCUT2D eigenvalue weighted by molar-refractivity contribution is -0.141. The SMILES string of the molecule is CC1=C(C)C(=O)C(CCCOC(=O)NCCC[C@H](CC(=O)[C@@H](NC(=O)[C@@H]2CCCN2C(=O)[C@H](/C=C/[C@@H](C)CC(C)C)Cc2ccccc2)C(C)C)C(=O)NC(C)C)=C(C)C1=O. The molecule has 3 rings (SSSR count). The second-order valence-electron chi connectivity index (χ2n) is 18.1. The Labute approximate surface area is 364 Å². The number of carbonyl (C=O) groups excluding carboxylic acids is 7. The predicted molar refractivity (Wildman–Crippen MR) is 238 cm³/mol. The molecule has 1 fully saturated rings. The smallest absolute Gasteiger partial charge is 0.407 e. The van der Waals surface area contributed by atoms with Crippen LogP contribution in [0, 0.1) is 29.6 Å². The average molecular weight is 845 g/mol. The number of allylic oxidation sites excluding steroid dienone is 5. The lowest BCUT2D eigenvalue weighted by atomic mass is 9.84. The van der Waals surface area contributed by atoms with Gasteiger partial charge in [-0.25, -0.2) is 4.79 Å². The van der Waals surface area contributed by atoms with Gasteiger partial charge in [-0.15, -0.1) is 0 Å². The molecule has 0 spiro atoms. The van der Waals surface area contributed by atoms with Crippen molar-refractivity contribution in [1.29, 1.82) is 0 Å². The van der Waals surface area contributed by atoms with Crippen LogP contribution in [0.15, 0.2) is 64.8 Å². The van der Waals surface area contributed by atoms with Crippen molar-refractivity contribution in [3.63, 3.8) is 0 Å². The minimum Gasteiger partial charge on any atom is -0.450 e. The maximum Gasteiger partial charge on any atom is 0.407 e. The van der Waals surface area contributed by atoms with Gasteiger partial charge in [0.15, 0.2) is 17.3 Å². The fraction of sp³-hybridized carbons (Fsp3) is 0.612. The summed E-state index contributed by atoms with van der Waals surface area (Å²) in [5, 5.41) is 8.58. The van der Waals surface area contributed by atoms with Crippen molar-refractivity contribution >= 4 is 41.2 Å². The van der Waals surface area contributed by atoms with Gasteiger partial charge in [-0.05, 0) is 109 Å². The van der Waals surface area contributed by atoms with Crippen molar-refractivity contribution in [2.24, 2.45) is 29.6 Å². The Hall–Kier alpha value is -4.87. The number of hydrogen-bond donors (Lipinski definition) is 3. The molecule has 61 heavy (non-hydrogen) atoms. The number of alkyl carbamates (subject to hydrolysis) is 1. The number of likely N-dealkylation sites (tertiary alicyclic amines) is 1. The van der Waals surface area contributed by atoms with E-state index in [0.29, 0.717) is 85.6 Å². The van der Waals surface area contributed by atoms with E-state index >= 15 is 0 Å². The first-order valence-corrected chi connectivity index (χ1v) is 22.4. The molecule has 5 atom stereocenters. The van der Waals surface area contributed by atoms with Crippen molar-refractivity contribution < 1.29 is 38.3 Å². The molecule has 1 aliphatic carbocycles. The van der Waals surface area contributed by atoms with E-state index in [1.165, 1.54) is 0 Å². The van der Waals surface area contributed by atoms with Crippen LogP contribution in [0.3, 0.4) is 0 Å². The van der Waals surface area contributed by atoms with Gasteiger partial charge in [-0.1, -0.05) is 77.1 Å². The Balaban J connectivity index is 1.60. The van der Waals surface area contributed by atoms with Crippen LogP contribution in [0.25, 0.3) is 0 Å². The molecule has 1 heterocycles. The average Bonchev–Trinajstić information content (AvgIpc) is 3.70. The molecule has 0 radical (unpaired) electrons. The Bertz CT molecular complexity index is 1810. The number of rotatable bonds is 23. The number of nitrogens with zero attached hydrogens (tertiary/aromatic N) is 1. The van der Waals surface area contributed by atoms with E-state index in [1.54, 1.807) is 25.7 Å². The summed E-state index contributed by atoms with van der Waals surface area (Å²) in [7, 11) is 0. The number of hydrogen-bond acceptors (Lipinski definition) is 8. The summed E-state index contributed by atoms with van der Waals surface area (Å²) in [5.41, 5.74) is 2.82. The molecular formula is C49H72N4O8. The number of ketones is 3. The normalized spacial score (nSPS) is 17.9. The Morgan fingerprint density at radius 2 is 1.52 bits per heavy atom. The van der Waals surface area contributed by atoms with Gasteiger partial charge in [0.2, 0.25) is 17.7 Å². The zero-order chi connectivity index (χ0) is 45.4. The summed E-state index contributed by atoms with van der Waals surface area (Å²) in [6, 6.07) is 8.14. The number of Topliss-reactive ketones (excluding diaryl/α,β-unsaturated/α-hetero) is 3. The van der Waals surface area contributed by atoms with Gasteiger partial charge in [0.05, 0.1) is 18.6 Å². The number of carbonyl (C=O) groups is 7. The second-order valence-corrected chi connectivity index (χ2v) is 18.1. The molecular weight excluding hydrogens is 773 g/mol. The fourth-order valence-corrected chi connectivity index (χ4v) is 8.19. The van der Waals surface area contributed by atoms with Crippen molar-refractivity contribution in [3.05, 3.63) is 70.3 Å². The van der Waals surface area contributed by atoms with E-state index < -0.39 is 30.0 Å². The molecule has 0 bridgehead atoms. The largest absolute Gasteiger partial charge is 0.450 e. The van der Waals surface area contributed by atoms with Crippen molar-refractivity contribution in [1.82, 2.24) is 20.9 Å². The highest BCUT2D eigenvalue weighted by Gasteiger charge is 2.39. The predicted octanol–water partition coefficient (Wildman–Crippen LogP) is 7.41. The highest BCUT2D eigenvalue weighted by molar-refractivity contribution is 6.24. The topological polar surface area (TPSA) is 168 Å². The summed E-state index contributed by atoms with van der Waals surface area (Å²) >= 11 is 0. The van der Waals surface area contributed by atoms with Crippen LogP contribution in [0.2, 0.25) is 0 Å². The Morgan fingerprint density at radius 1 is 0.852 bits per heavy atom. The molecule has 1 saturated heterocycles. The van der Waals surface area contributed by atoms with Gasteiger partial charge in [-0.3, -0.25) is 28.8 Å². The van der Waals surface area contributed by atoms with Gasteiger partial charge in [-0.2, -0.15) is 0 Å². The summed E-state index contributed by atoms with van der Waals surface area (Å²) in [5.74, 6) is -1.91. The third-order valence-electron chi connectivity index (χ3n) is 11.6. The summed E-state index contributed by atoms with van der Waals surface area (Å²) in [4.78, 5) is 94.8. The lowest BCUT2D eigenvalue weighted by Gasteiger charge is -2.30. The molecule has 1 aliphatic heterocycles. The fourth-order valence-electron chi connectivity index (χ4n) is 8.19. The van der Waals surface area contributed by atoms with Crippen LogP contribution < -0.4 is 16.0 Å². The number of benzene rings is 1. The zero-order valence-corrected chi connectivity index (χ0v) is 38.4.